The maximum Gasteiger partial charge on any atom is 0.0418 e. The van der Waals surface area contributed by atoms with Crippen molar-refractivity contribution in [2.45, 2.75) is 37.0 Å². The molecule has 3 rings (SSSR count). The number of benzene rings is 1. The second-order valence-electron chi connectivity index (χ2n) is 5.47. The predicted molar refractivity (Wildman–Crippen MR) is 80.4 cm³/mol. The molecule has 18 heavy (non-hydrogen) atoms. The lowest BCUT2D eigenvalue weighted by Gasteiger charge is -2.22. The Morgan fingerprint density at radius 1 is 1.39 bits per heavy atom. The highest BCUT2D eigenvalue weighted by Gasteiger charge is 2.41. The lowest BCUT2D eigenvalue weighted by atomic mass is 9.99. The number of anilines is 1. The summed E-state index contributed by atoms with van der Waals surface area (Å²) in [5.41, 5.74) is 4.32. The third kappa shape index (κ3) is 2.52. The Bertz CT molecular complexity index is 427. The Balaban J connectivity index is 1.62. The molecule has 1 aromatic rings. The smallest absolute Gasteiger partial charge is 0.0418 e. The van der Waals surface area contributed by atoms with E-state index in [4.69, 9.17) is 0 Å². The highest BCUT2D eigenvalue weighted by Crippen LogP contribution is 2.46. The number of rotatable bonds is 5. The first-order chi connectivity index (χ1) is 8.83. The van der Waals surface area contributed by atoms with Crippen LogP contribution < -0.4 is 10.6 Å². The molecule has 0 atom stereocenters. The molecule has 0 bridgehead atoms. The van der Waals surface area contributed by atoms with Gasteiger partial charge in [-0.05, 0) is 43.1 Å². The van der Waals surface area contributed by atoms with E-state index >= 15 is 0 Å². The molecule has 1 fully saturated rings. The third-order valence-electron chi connectivity index (χ3n) is 4.17. The van der Waals surface area contributed by atoms with Crippen LogP contribution in [-0.2, 0) is 13.0 Å². The van der Waals surface area contributed by atoms with Crippen LogP contribution in [0.25, 0.3) is 0 Å². The molecule has 1 aliphatic heterocycles. The third-order valence-corrected chi connectivity index (χ3v) is 5.58. The number of thioether (sulfide) groups is 1. The van der Waals surface area contributed by atoms with Gasteiger partial charge in [-0.25, -0.2) is 0 Å². The summed E-state index contributed by atoms with van der Waals surface area (Å²) in [5.74, 6) is 0. The van der Waals surface area contributed by atoms with E-state index in [0.29, 0.717) is 4.75 Å². The van der Waals surface area contributed by atoms with E-state index in [1.165, 1.54) is 42.5 Å². The first-order valence-corrected chi connectivity index (χ1v) is 8.16. The van der Waals surface area contributed by atoms with Crippen molar-refractivity contribution in [2.24, 2.45) is 0 Å². The van der Waals surface area contributed by atoms with Crippen LogP contribution in [0.4, 0.5) is 5.69 Å². The largest absolute Gasteiger partial charge is 0.385 e. The summed E-state index contributed by atoms with van der Waals surface area (Å²) in [6.45, 7) is 3.27. The van der Waals surface area contributed by atoms with Crippen LogP contribution in [0.1, 0.15) is 30.4 Å². The molecule has 0 unspecified atom stereocenters. The fourth-order valence-corrected chi connectivity index (χ4v) is 3.50. The first kappa shape index (κ1) is 12.4. The number of fused-ring (bicyclic) bond motifs is 1. The molecule has 2 N–H and O–H groups in total. The number of para-hydroxylation sites is 1. The maximum absolute atomic E-state index is 3.64. The van der Waals surface area contributed by atoms with E-state index in [0.717, 1.165) is 19.6 Å². The van der Waals surface area contributed by atoms with E-state index in [1.807, 2.05) is 11.8 Å². The first-order valence-electron chi connectivity index (χ1n) is 6.93. The minimum absolute atomic E-state index is 0.558. The lowest BCUT2D eigenvalue weighted by molar-refractivity contribution is 0.661. The molecule has 0 spiro atoms. The standard InChI is InChI=1S/C15H22N2S/c1-18-15(7-8-15)11-16-10-13-5-2-4-12-6-3-9-17-14(12)13/h2,4-5,16-17H,3,6-11H2,1H3. The summed E-state index contributed by atoms with van der Waals surface area (Å²) < 4.78 is 0.558. The van der Waals surface area contributed by atoms with Crippen LogP contribution in [0.2, 0.25) is 0 Å². The van der Waals surface area contributed by atoms with Crippen LogP contribution in [0.3, 0.4) is 0 Å². The van der Waals surface area contributed by atoms with Gasteiger partial charge in [0.1, 0.15) is 0 Å². The molecular formula is C15H22N2S. The van der Waals surface area contributed by atoms with E-state index in [-0.39, 0.29) is 0 Å². The predicted octanol–water partition coefficient (Wildman–Crippen LogP) is 3.03. The summed E-state index contributed by atoms with van der Waals surface area (Å²) in [5, 5.41) is 7.21. The van der Waals surface area contributed by atoms with Crippen molar-refractivity contribution in [3.05, 3.63) is 29.3 Å². The molecule has 0 saturated heterocycles. The van der Waals surface area contributed by atoms with Crippen molar-refractivity contribution in [3.8, 4) is 0 Å². The molecule has 2 aliphatic rings. The minimum atomic E-state index is 0.558. The molecule has 2 nitrogen and oxygen atoms in total. The van der Waals surface area contributed by atoms with E-state index in [9.17, 15) is 0 Å². The van der Waals surface area contributed by atoms with Gasteiger partial charge in [-0.1, -0.05) is 18.2 Å². The highest BCUT2D eigenvalue weighted by molar-refractivity contribution is 8.00. The number of nitrogens with one attached hydrogen (secondary N) is 2. The van der Waals surface area contributed by atoms with Crippen molar-refractivity contribution >= 4 is 17.4 Å². The van der Waals surface area contributed by atoms with Gasteiger partial charge in [-0.2, -0.15) is 11.8 Å². The fourth-order valence-electron chi connectivity index (χ4n) is 2.75. The Morgan fingerprint density at radius 3 is 3.06 bits per heavy atom. The zero-order chi connectivity index (χ0) is 12.4. The fraction of sp³-hybridized carbons (Fsp3) is 0.600. The van der Waals surface area contributed by atoms with E-state index in [2.05, 4.69) is 35.1 Å². The molecule has 3 heteroatoms. The van der Waals surface area contributed by atoms with Crippen LogP contribution in [0, 0.1) is 0 Å². The Labute approximate surface area is 114 Å². The molecule has 0 radical (unpaired) electrons. The summed E-state index contributed by atoms with van der Waals surface area (Å²) in [6.07, 6.45) is 7.49. The lowest BCUT2D eigenvalue weighted by Crippen LogP contribution is -2.26. The normalized spacial score (nSPS) is 20.1. The second kappa shape index (κ2) is 5.14. The summed E-state index contributed by atoms with van der Waals surface area (Å²) in [7, 11) is 0. The van der Waals surface area contributed by atoms with Gasteiger partial charge in [-0.15, -0.1) is 0 Å². The van der Waals surface area contributed by atoms with Crippen molar-refractivity contribution in [2.75, 3.05) is 24.7 Å². The topological polar surface area (TPSA) is 24.1 Å². The van der Waals surface area contributed by atoms with E-state index in [1.54, 1.807) is 0 Å². The molecule has 0 aromatic heterocycles. The van der Waals surface area contributed by atoms with Gasteiger partial charge in [0.2, 0.25) is 0 Å². The van der Waals surface area contributed by atoms with Crippen LogP contribution in [-0.4, -0.2) is 24.1 Å². The van der Waals surface area contributed by atoms with Crippen LogP contribution in [0.5, 0.6) is 0 Å². The second-order valence-corrected chi connectivity index (χ2v) is 6.75. The summed E-state index contributed by atoms with van der Waals surface area (Å²) >= 11 is 2.02. The molecule has 1 aromatic carbocycles. The number of hydrogen-bond donors (Lipinski definition) is 2. The molecule has 1 aliphatic carbocycles. The Morgan fingerprint density at radius 2 is 2.28 bits per heavy atom. The molecule has 1 heterocycles. The monoisotopic (exact) mass is 262 g/mol. The van der Waals surface area contributed by atoms with Gasteiger partial charge in [0, 0.05) is 30.1 Å². The van der Waals surface area contributed by atoms with Gasteiger partial charge in [0.25, 0.3) is 0 Å². The van der Waals surface area contributed by atoms with Gasteiger partial charge in [-0.3, -0.25) is 0 Å². The van der Waals surface area contributed by atoms with Crippen LogP contribution >= 0.6 is 11.8 Å². The van der Waals surface area contributed by atoms with Crippen molar-refractivity contribution in [1.82, 2.24) is 5.32 Å². The quantitative estimate of drug-likeness (QED) is 0.853. The summed E-state index contributed by atoms with van der Waals surface area (Å²) in [6, 6.07) is 6.71. The molecule has 98 valence electrons. The molecular weight excluding hydrogens is 240 g/mol. The zero-order valence-electron chi connectivity index (χ0n) is 11.1. The average molecular weight is 262 g/mol. The van der Waals surface area contributed by atoms with Crippen molar-refractivity contribution in [1.29, 1.82) is 0 Å². The zero-order valence-corrected chi connectivity index (χ0v) is 11.9. The number of hydrogen-bond acceptors (Lipinski definition) is 3. The summed E-state index contributed by atoms with van der Waals surface area (Å²) in [4.78, 5) is 0. The Kier molecular flexibility index (Phi) is 3.53. The van der Waals surface area contributed by atoms with Crippen LogP contribution in [0.15, 0.2) is 18.2 Å². The van der Waals surface area contributed by atoms with Gasteiger partial charge in [0.15, 0.2) is 0 Å². The van der Waals surface area contributed by atoms with Gasteiger partial charge >= 0.3 is 0 Å². The van der Waals surface area contributed by atoms with Crippen molar-refractivity contribution < 1.29 is 0 Å². The molecule has 1 saturated carbocycles. The average Bonchev–Trinajstić information content (AvgIpc) is 3.20. The maximum atomic E-state index is 3.64. The number of aryl methyl sites for hydroxylation is 1. The SMILES string of the molecule is CSC1(CNCc2cccc3c2NCCC3)CC1. The minimum Gasteiger partial charge on any atom is -0.385 e. The Hall–Kier alpha value is -0.670. The highest BCUT2D eigenvalue weighted by atomic mass is 32.2. The van der Waals surface area contributed by atoms with Gasteiger partial charge < -0.3 is 10.6 Å². The molecule has 0 amide bonds. The van der Waals surface area contributed by atoms with Gasteiger partial charge in [0.05, 0.1) is 0 Å². The van der Waals surface area contributed by atoms with Crippen molar-refractivity contribution in [3.63, 3.8) is 0 Å². The van der Waals surface area contributed by atoms with E-state index < -0.39 is 0 Å².